The number of nitriles is 1. The van der Waals surface area contributed by atoms with Gasteiger partial charge in [0.1, 0.15) is 19.7 Å². The number of nitrogens with zero attached hydrogens (tertiary/aromatic N) is 2. The van der Waals surface area contributed by atoms with Crippen LogP contribution in [0.15, 0.2) is 248 Å². The number of carboxylic acids is 1. The average Bonchev–Trinajstić information content (AvgIpc) is 4.49. The Morgan fingerprint density at radius 1 is 0.481 bits per heavy atom. The summed E-state index contributed by atoms with van der Waals surface area (Å²) in [5.41, 5.74) is 17.7. The zero-order valence-corrected chi connectivity index (χ0v) is 44.9. The Labute approximate surface area is 457 Å². The van der Waals surface area contributed by atoms with Crippen molar-refractivity contribution in [2.24, 2.45) is 0 Å². The minimum absolute atomic E-state index is 0.251. The molecule has 366 valence electrons. The van der Waals surface area contributed by atoms with Gasteiger partial charge in [-0.25, -0.2) is 4.79 Å². The summed E-state index contributed by atoms with van der Waals surface area (Å²) in [7, 11) is -2.11. The summed E-state index contributed by atoms with van der Waals surface area (Å²) in [5, 5.41) is 21.9. The molecule has 0 atom stereocenters. The van der Waals surface area contributed by atoms with Gasteiger partial charge >= 0.3 is 5.97 Å². The molecule has 3 aliphatic rings. The molecule has 9 aromatic carbocycles. The van der Waals surface area contributed by atoms with Crippen LogP contribution in [0.25, 0.3) is 48.5 Å². The second kappa shape index (κ2) is 17.9. The van der Waals surface area contributed by atoms with Gasteiger partial charge in [0.25, 0.3) is 0 Å². The zero-order valence-electron chi connectivity index (χ0n) is 42.2. The van der Waals surface area contributed by atoms with Crippen molar-refractivity contribution in [1.29, 1.82) is 5.26 Å². The van der Waals surface area contributed by atoms with Crippen LogP contribution in [0.3, 0.4) is 0 Å². The minimum Gasteiger partial charge on any atom is -0.477 e. The standard InChI is InChI=1S/C70H48N2O2S2Si/c1-77(2)64-42-54(39-46(44-71)68(73)74)75-66(64)67-65(77)43-63(76-67)45-31-33-51(34-32-45)72(52-35-37-57-55-27-15-17-29-59(55)69(61(57)40-52,47-19-7-3-8-20-47)48-21-9-4-10-22-48)53-36-38-58-56-28-16-18-30-60(56)70(62(58)41-53,49-23-11-5-12-24-49)50-25-13-6-14-26-50/h3-43H,1-2H3,(H,73,74)/b46-39-. The quantitative estimate of drug-likeness (QED) is 0.0842. The molecule has 2 aliphatic carbocycles. The second-order valence-corrected chi connectivity index (χ2v) is 27.2. The lowest BCUT2D eigenvalue weighted by Crippen LogP contribution is -2.48. The molecule has 0 fully saturated rings. The Morgan fingerprint density at radius 3 is 1.34 bits per heavy atom. The molecule has 4 nitrogen and oxygen atoms in total. The van der Waals surface area contributed by atoms with Gasteiger partial charge in [0.05, 0.1) is 10.8 Å². The predicted octanol–water partition coefficient (Wildman–Crippen LogP) is 16.5. The molecule has 1 N–H and O–H groups in total. The molecule has 7 heteroatoms. The van der Waals surface area contributed by atoms with E-state index in [1.807, 2.05) is 6.07 Å². The number of benzene rings is 9. The summed E-state index contributed by atoms with van der Waals surface area (Å²) >= 11 is 3.40. The van der Waals surface area contributed by atoms with Crippen LogP contribution in [0.2, 0.25) is 13.1 Å². The van der Waals surface area contributed by atoms with E-state index in [1.54, 1.807) is 22.7 Å². The SMILES string of the molecule is C[Si]1(C)c2cc(/C=C(/C#N)C(=O)O)sc2-c2sc(-c3ccc(N(c4ccc5c(c4)C(c4ccccc4)(c4ccccc4)c4ccccc4-5)c4ccc5c(c4)C(c4ccccc4)(c4ccccc4)c4ccccc4-5)cc3)cc21. The van der Waals surface area contributed by atoms with Crippen molar-refractivity contribution in [3.63, 3.8) is 0 Å². The van der Waals surface area contributed by atoms with Crippen molar-refractivity contribution in [2.45, 2.75) is 23.9 Å². The van der Waals surface area contributed by atoms with Crippen molar-refractivity contribution in [2.75, 3.05) is 4.90 Å². The van der Waals surface area contributed by atoms with Gasteiger partial charge in [0.2, 0.25) is 0 Å². The molecule has 0 unspecified atom stereocenters. The fourth-order valence-corrected chi connectivity index (χ4v) is 20.2. The summed E-state index contributed by atoms with van der Waals surface area (Å²) < 4.78 is 0. The molecule has 3 heterocycles. The van der Waals surface area contributed by atoms with Gasteiger partial charge < -0.3 is 10.0 Å². The van der Waals surface area contributed by atoms with E-state index in [2.05, 4.69) is 261 Å². The fourth-order valence-electron chi connectivity index (χ4n) is 13.1. The molecule has 0 saturated carbocycles. The molecule has 0 saturated heterocycles. The third-order valence-electron chi connectivity index (χ3n) is 16.5. The maximum Gasteiger partial charge on any atom is 0.346 e. The van der Waals surface area contributed by atoms with Crippen LogP contribution in [0.5, 0.6) is 0 Å². The van der Waals surface area contributed by atoms with Crippen LogP contribution in [0.1, 0.15) is 49.4 Å². The van der Waals surface area contributed by atoms with E-state index in [-0.39, 0.29) is 5.57 Å². The third-order valence-corrected chi connectivity index (χ3v) is 22.8. The molecule has 1 aliphatic heterocycles. The molecule has 11 aromatic rings. The lowest BCUT2D eigenvalue weighted by molar-refractivity contribution is -0.132. The number of anilines is 3. The van der Waals surface area contributed by atoms with Crippen LogP contribution in [0.4, 0.5) is 17.1 Å². The molecule has 2 aromatic heterocycles. The highest BCUT2D eigenvalue weighted by atomic mass is 32.1. The van der Waals surface area contributed by atoms with Crippen LogP contribution in [-0.4, -0.2) is 19.1 Å². The lowest BCUT2D eigenvalue weighted by Gasteiger charge is -2.36. The van der Waals surface area contributed by atoms with Crippen molar-refractivity contribution in [1.82, 2.24) is 0 Å². The number of thiophene rings is 2. The van der Waals surface area contributed by atoms with Crippen LogP contribution in [-0.2, 0) is 15.6 Å². The van der Waals surface area contributed by atoms with E-state index >= 15 is 0 Å². The predicted molar refractivity (Wildman–Crippen MR) is 320 cm³/mol. The normalized spacial score (nSPS) is 14.6. The number of hydrogen-bond donors (Lipinski definition) is 1. The number of rotatable bonds is 10. The van der Waals surface area contributed by atoms with Gasteiger partial charge in [-0.3, -0.25) is 0 Å². The Morgan fingerprint density at radius 2 is 0.883 bits per heavy atom. The van der Waals surface area contributed by atoms with Gasteiger partial charge in [-0.05, 0) is 137 Å². The average molecular weight is 1040 g/mol. The maximum absolute atomic E-state index is 11.8. The van der Waals surface area contributed by atoms with Gasteiger partial charge in [-0.1, -0.05) is 207 Å². The summed E-state index contributed by atoms with van der Waals surface area (Å²) in [6.07, 6.45) is 1.51. The van der Waals surface area contributed by atoms with E-state index in [0.717, 1.165) is 27.5 Å². The highest BCUT2D eigenvalue weighted by Crippen LogP contribution is 2.60. The maximum atomic E-state index is 11.8. The first kappa shape index (κ1) is 46.6. The van der Waals surface area contributed by atoms with Crippen molar-refractivity contribution in [3.8, 4) is 48.5 Å². The number of fused-ring (bicyclic) bond motifs is 9. The van der Waals surface area contributed by atoms with Gasteiger partial charge in [0.15, 0.2) is 0 Å². The first-order valence-corrected chi connectivity index (χ1v) is 30.6. The third kappa shape index (κ3) is 6.89. The molecular weight excluding hydrogens is 993 g/mol. The number of carbonyl (C=O) groups is 1. The summed E-state index contributed by atoms with van der Waals surface area (Å²) in [4.78, 5) is 18.7. The van der Waals surface area contributed by atoms with E-state index < -0.39 is 24.9 Å². The van der Waals surface area contributed by atoms with E-state index in [9.17, 15) is 15.2 Å². The van der Waals surface area contributed by atoms with Crippen LogP contribution < -0.4 is 15.3 Å². The molecular formula is C70H48N2O2S2Si. The molecule has 0 spiro atoms. The molecule has 14 rings (SSSR count). The van der Waals surface area contributed by atoms with Crippen molar-refractivity contribution in [3.05, 3.63) is 298 Å². The summed E-state index contributed by atoms with van der Waals surface area (Å²) in [6, 6.07) is 91.7. The van der Waals surface area contributed by atoms with Gasteiger partial charge in [-0.15, -0.1) is 22.7 Å². The molecule has 77 heavy (non-hydrogen) atoms. The Bertz CT molecular complexity index is 3970. The molecule has 0 radical (unpaired) electrons. The number of aliphatic carboxylic acids is 1. The van der Waals surface area contributed by atoms with E-state index in [0.29, 0.717) is 0 Å². The van der Waals surface area contributed by atoms with Gasteiger partial charge in [-0.2, -0.15) is 5.26 Å². The van der Waals surface area contributed by atoms with E-state index in [4.69, 9.17) is 0 Å². The van der Waals surface area contributed by atoms with Gasteiger partial charge in [0, 0.05) is 36.6 Å². The minimum atomic E-state index is -2.11. The second-order valence-electron chi connectivity index (χ2n) is 20.7. The van der Waals surface area contributed by atoms with Crippen molar-refractivity contribution >= 4 is 70.2 Å². The Balaban J connectivity index is 0.971. The summed E-state index contributed by atoms with van der Waals surface area (Å²) in [6.45, 7) is 4.74. The summed E-state index contributed by atoms with van der Waals surface area (Å²) in [5.74, 6) is -1.21. The Kier molecular flexibility index (Phi) is 10.8. The topological polar surface area (TPSA) is 64.3 Å². The molecule has 0 amide bonds. The smallest absolute Gasteiger partial charge is 0.346 e. The van der Waals surface area contributed by atoms with Crippen molar-refractivity contribution < 1.29 is 9.90 Å². The van der Waals surface area contributed by atoms with E-state index in [1.165, 1.54) is 97.8 Å². The van der Waals surface area contributed by atoms with Crippen LogP contribution in [0, 0.1) is 11.3 Å². The lowest BCUT2D eigenvalue weighted by atomic mass is 9.67. The first-order valence-electron chi connectivity index (χ1n) is 26.0. The first-order chi connectivity index (χ1) is 37.7. The highest BCUT2D eigenvalue weighted by Gasteiger charge is 2.48. The Hall–Kier alpha value is -8.90. The largest absolute Gasteiger partial charge is 0.477 e. The fraction of sp³-hybridized carbons (Fsp3) is 0.0571. The monoisotopic (exact) mass is 1040 g/mol. The molecule has 0 bridgehead atoms. The number of hydrogen-bond acceptors (Lipinski definition) is 5. The number of carboxylic acid groups (broad SMARTS) is 1. The highest BCUT2D eigenvalue weighted by molar-refractivity contribution is 7.30. The van der Waals surface area contributed by atoms with Crippen LogP contribution >= 0.6 is 22.7 Å². The zero-order chi connectivity index (χ0) is 52.0.